The van der Waals surface area contributed by atoms with E-state index in [9.17, 15) is 0 Å². The van der Waals surface area contributed by atoms with Gasteiger partial charge in [-0.25, -0.2) is 0 Å². The smallest absolute Gasteiger partial charge is 0.0618 e. The van der Waals surface area contributed by atoms with Crippen LogP contribution in [0, 0.1) is 5.92 Å². The third kappa shape index (κ3) is 4.75. The molecular weight excluding hydrogens is 583 g/mol. The Morgan fingerprint density at radius 2 is 1.62 bits per heavy atom. The summed E-state index contributed by atoms with van der Waals surface area (Å²) in [5, 5.41) is 1.24. The number of nitrogens with zero attached hydrogens (tertiary/aromatic N) is 3. The lowest BCUT2D eigenvalue weighted by Gasteiger charge is -2.38. The molecule has 3 heteroatoms. The molecule has 5 aliphatic rings. The van der Waals surface area contributed by atoms with Crippen molar-refractivity contribution in [2.24, 2.45) is 5.92 Å². The molecule has 1 aromatic heterocycles. The van der Waals surface area contributed by atoms with Gasteiger partial charge in [0.05, 0.1) is 16.9 Å². The van der Waals surface area contributed by atoms with Gasteiger partial charge in [0.2, 0.25) is 0 Å². The van der Waals surface area contributed by atoms with E-state index in [-0.39, 0.29) is 11.8 Å². The van der Waals surface area contributed by atoms with Crippen LogP contribution in [-0.4, -0.2) is 11.1 Å². The molecule has 48 heavy (non-hydrogen) atoms. The van der Waals surface area contributed by atoms with Crippen molar-refractivity contribution >= 4 is 40.1 Å². The molecule has 3 aromatic carbocycles. The highest BCUT2D eigenvalue weighted by Crippen LogP contribution is 2.45. The molecule has 0 fully saturated rings. The number of fused-ring (bicyclic) bond motifs is 6. The van der Waals surface area contributed by atoms with E-state index in [1.807, 2.05) is 6.08 Å². The van der Waals surface area contributed by atoms with Crippen LogP contribution in [0.15, 0.2) is 168 Å². The number of rotatable bonds is 3. The summed E-state index contributed by atoms with van der Waals surface area (Å²) in [6, 6.07) is 24.8. The van der Waals surface area contributed by atoms with Crippen LogP contribution < -0.4 is 9.80 Å². The van der Waals surface area contributed by atoms with Gasteiger partial charge in [0.25, 0.3) is 0 Å². The lowest BCUT2D eigenvalue weighted by molar-refractivity contribution is 0.803. The molecule has 0 amide bonds. The van der Waals surface area contributed by atoms with Crippen molar-refractivity contribution in [1.29, 1.82) is 0 Å². The van der Waals surface area contributed by atoms with Gasteiger partial charge in [0, 0.05) is 63.9 Å². The summed E-state index contributed by atoms with van der Waals surface area (Å²) in [4.78, 5) is 5.01. The zero-order valence-corrected chi connectivity index (χ0v) is 27.1. The molecular formula is C45H37N3. The van der Waals surface area contributed by atoms with Crippen molar-refractivity contribution < 1.29 is 0 Å². The molecule has 0 radical (unpaired) electrons. The molecule has 0 saturated heterocycles. The molecule has 9 rings (SSSR count). The Balaban J connectivity index is 1.33. The zero-order chi connectivity index (χ0) is 32.0. The maximum Gasteiger partial charge on any atom is 0.0618 e. The third-order valence-electron chi connectivity index (χ3n) is 10.1. The number of para-hydroxylation sites is 2. The first-order valence-electron chi connectivity index (χ1n) is 17.1. The van der Waals surface area contributed by atoms with Crippen LogP contribution in [0.25, 0.3) is 28.7 Å². The second-order valence-corrected chi connectivity index (χ2v) is 13.0. The summed E-state index contributed by atoms with van der Waals surface area (Å²) in [5.41, 5.74) is 17.0. The third-order valence-corrected chi connectivity index (χ3v) is 10.1. The molecule has 3 heterocycles. The highest BCUT2D eigenvalue weighted by Gasteiger charge is 2.30. The fourth-order valence-corrected chi connectivity index (χ4v) is 7.89. The van der Waals surface area contributed by atoms with Gasteiger partial charge in [-0.2, -0.15) is 0 Å². The van der Waals surface area contributed by atoms with E-state index in [2.05, 4.69) is 179 Å². The minimum absolute atomic E-state index is 0.288. The fourth-order valence-electron chi connectivity index (χ4n) is 7.89. The molecule has 3 aliphatic carbocycles. The van der Waals surface area contributed by atoms with E-state index >= 15 is 0 Å². The van der Waals surface area contributed by atoms with E-state index in [1.54, 1.807) is 0 Å². The number of aromatic nitrogens is 1. The summed E-state index contributed by atoms with van der Waals surface area (Å²) in [6.07, 6.45) is 35.5. The fraction of sp³-hybridized carbons (Fsp3) is 0.133. The lowest BCUT2D eigenvalue weighted by atomic mass is 9.87. The number of benzene rings is 3. The number of hydrogen-bond acceptors (Lipinski definition) is 2. The standard InChI is InChI=1S/C45H37N3/c1-32-16-4-3-15-27-46(42-23-12-9-19-38(32)42)35-29-36(47-34-18-8-7-17-33(28-34)39-20-10-13-25-43(39)47)31-37(30-35)48-44-24-6-2-5-21-40(44)41-22-11-14-26-45(41)48/h2-5,7-12,14-24,26,28-33H,13,25,27H2,1H3/b15-3-,16-4-. The molecule has 2 atom stereocenters. The quantitative estimate of drug-likeness (QED) is 0.211. The van der Waals surface area contributed by atoms with Gasteiger partial charge in [-0.05, 0) is 72.5 Å². The second kappa shape index (κ2) is 11.8. The van der Waals surface area contributed by atoms with Gasteiger partial charge in [-0.3, -0.25) is 0 Å². The molecule has 2 unspecified atom stereocenters. The molecule has 3 nitrogen and oxygen atoms in total. The minimum atomic E-state index is 0.288. The monoisotopic (exact) mass is 619 g/mol. The van der Waals surface area contributed by atoms with Crippen LogP contribution in [-0.2, 0) is 0 Å². The average molecular weight is 620 g/mol. The first-order chi connectivity index (χ1) is 23.7. The lowest BCUT2D eigenvalue weighted by Crippen LogP contribution is -2.29. The van der Waals surface area contributed by atoms with Crippen molar-refractivity contribution in [3.05, 3.63) is 185 Å². The van der Waals surface area contributed by atoms with E-state index in [0.717, 1.165) is 36.5 Å². The van der Waals surface area contributed by atoms with Crippen LogP contribution in [0.5, 0.6) is 0 Å². The van der Waals surface area contributed by atoms with Gasteiger partial charge in [0.15, 0.2) is 0 Å². The van der Waals surface area contributed by atoms with E-state index in [1.165, 1.54) is 50.4 Å². The van der Waals surface area contributed by atoms with Gasteiger partial charge in [-0.1, -0.05) is 110 Å². The largest absolute Gasteiger partial charge is 0.337 e. The Morgan fingerprint density at radius 3 is 2.60 bits per heavy atom. The summed E-state index contributed by atoms with van der Waals surface area (Å²) < 4.78 is 2.43. The molecule has 0 spiro atoms. The van der Waals surface area contributed by atoms with Crippen molar-refractivity contribution in [3.8, 4) is 5.69 Å². The summed E-state index contributed by atoms with van der Waals surface area (Å²) in [6.45, 7) is 3.05. The maximum absolute atomic E-state index is 3.41. The number of hydrogen-bond donors (Lipinski definition) is 0. The van der Waals surface area contributed by atoms with Gasteiger partial charge in [0.1, 0.15) is 0 Å². The Morgan fingerprint density at radius 1 is 0.771 bits per heavy atom. The first-order valence-corrected chi connectivity index (χ1v) is 17.1. The Labute approximate surface area is 282 Å². The minimum Gasteiger partial charge on any atom is -0.337 e. The van der Waals surface area contributed by atoms with Crippen LogP contribution >= 0.6 is 0 Å². The molecule has 0 saturated carbocycles. The average Bonchev–Trinajstić information content (AvgIpc) is 3.24. The summed E-state index contributed by atoms with van der Waals surface area (Å²) in [5.74, 6) is 0.578. The summed E-state index contributed by atoms with van der Waals surface area (Å²) >= 11 is 0. The van der Waals surface area contributed by atoms with Crippen molar-refractivity contribution in [1.82, 2.24) is 4.57 Å². The van der Waals surface area contributed by atoms with Gasteiger partial charge in [-0.15, -0.1) is 5.73 Å². The SMILES string of the molecule is CC1/C=C\C=C/CN(c2cc(N3C4=CC(C=CC=C4)C4=C3CCC=C4)cc(-n3c4c(c5ccccc53)C=CC=C=C4)c2)c2ccccc21. The van der Waals surface area contributed by atoms with Crippen molar-refractivity contribution in [2.45, 2.75) is 25.7 Å². The molecule has 0 N–H and O–H groups in total. The first kappa shape index (κ1) is 28.5. The zero-order valence-electron chi connectivity index (χ0n) is 27.1. The van der Waals surface area contributed by atoms with E-state index < -0.39 is 0 Å². The van der Waals surface area contributed by atoms with Crippen molar-refractivity contribution in [3.63, 3.8) is 0 Å². The predicted octanol–water partition coefficient (Wildman–Crippen LogP) is 11.2. The topological polar surface area (TPSA) is 11.4 Å². The number of allylic oxidation sites excluding steroid dienone is 14. The van der Waals surface area contributed by atoms with Crippen molar-refractivity contribution in [2.75, 3.05) is 16.3 Å². The van der Waals surface area contributed by atoms with Crippen LogP contribution in [0.1, 0.15) is 42.5 Å². The summed E-state index contributed by atoms with van der Waals surface area (Å²) in [7, 11) is 0. The second-order valence-electron chi connectivity index (χ2n) is 13.0. The van der Waals surface area contributed by atoms with Gasteiger partial charge >= 0.3 is 0 Å². The Kier molecular flexibility index (Phi) is 6.99. The molecule has 2 aliphatic heterocycles. The molecule has 2 bridgehead atoms. The Hall–Kier alpha value is -5.76. The normalized spacial score (nSPS) is 21.9. The Bertz CT molecular complexity index is 2280. The van der Waals surface area contributed by atoms with Crippen LogP contribution in [0.4, 0.5) is 17.1 Å². The van der Waals surface area contributed by atoms with Crippen LogP contribution in [0.2, 0.25) is 0 Å². The highest BCUT2D eigenvalue weighted by molar-refractivity contribution is 5.96. The predicted molar refractivity (Wildman–Crippen MR) is 203 cm³/mol. The van der Waals surface area contributed by atoms with Crippen LogP contribution in [0.3, 0.4) is 0 Å². The maximum atomic E-state index is 3.41. The number of anilines is 3. The molecule has 232 valence electrons. The highest BCUT2D eigenvalue weighted by atomic mass is 15.2. The van der Waals surface area contributed by atoms with E-state index in [4.69, 9.17) is 0 Å². The molecule has 4 aromatic rings. The van der Waals surface area contributed by atoms with E-state index in [0.29, 0.717) is 0 Å². The van der Waals surface area contributed by atoms with Gasteiger partial charge < -0.3 is 14.4 Å².